The third kappa shape index (κ3) is 5.17. The van der Waals surface area contributed by atoms with E-state index in [1.807, 2.05) is 32.0 Å². The molecule has 108 valence electrons. The van der Waals surface area contributed by atoms with Crippen LogP contribution in [0.15, 0.2) is 30.3 Å². The van der Waals surface area contributed by atoms with Gasteiger partial charge in [-0.3, -0.25) is 0 Å². The summed E-state index contributed by atoms with van der Waals surface area (Å²) in [5.41, 5.74) is 0.839. The maximum absolute atomic E-state index is 10.5. The second-order valence-electron chi connectivity index (χ2n) is 5.72. The topological polar surface area (TPSA) is 40.5 Å². The molecule has 0 saturated heterocycles. The van der Waals surface area contributed by atoms with Crippen LogP contribution in [0.4, 0.5) is 0 Å². The Morgan fingerprint density at radius 2 is 1.84 bits per heavy atom. The Morgan fingerprint density at radius 3 is 2.37 bits per heavy atom. The van der Waals surface area contributed by atoms with E-state index in [0.717, 1.165) is 18.6 Å². The third-order valence-corrected chi connectivity index (χ3v) is 4.86. The van der Waals surface area contributed by atoms with Crippen LogP contribution >= 0.6 is 11.8 Å². The first-order valence-electron chi connectivity index (χ1n) is 6.95. The molecule has 2 N–H and O–H groups in total. The molecule has 0 fully saturated rings. The van der Waals surface area contributed by atoms with Crippen molar-refractivity contribution < 1.29 is 10.2 Å². The van der Waals surface area contributed by atoms with Crippen molar-refractivity contribution in [3.8, 4) is 0 Å². The van der Waals surface area contributed by atoms with Crippen LogP contribution in [0.2, 0.25) is 0 Å². The molecule has 0 amide bonds. The van der Waals surface area contributed by atoms with Crippen molar-refractivity contribution in [2.75, 3.05) is 6.61 Å². The van der Waals surface area contributed by atoms with Gasteiger partial charge in [0.05, 0.1) is 12.7 Å². The van der Waals surface area contributed by atoms with Crippen molar-refractivity contribution in [1.82, 2.24) is 0 Å². The lowest BCUT2D eigenvalue weighted by Crippen LogP contribution is -2.40. The number of benzene rings is 1. The fraction of sp³-hybridized carbons (Fsp3) is 0.625. The minimum absolute atomic E-state index is 0.0142. The molecule has 19 heavy (non-hydrogen) atoms. The average Bonchev–Trinajstić information content (AvgIpc) is 2.43. The van der Waals surface area contributed by atoms with E-state index in [2.05, 4.69) is 19.1 Å². The highest BCUT2D eigenvalue weighted by Gasteiger charge is 2.33. The number of rotatable bonds is 8. The number of aliphatic hydroxyl groups is 2. The summed E-state index contributed by atoms with van der Waals surface area (Å²) >= 11 is 1.79. The normalized spacial score (nSPS) is 15.2. The van der Waals surface area contributed by atoms with Gasteiger partial charge in [-0.25, -0.2) is 0 Å². The Kier molecular flexibility index (Phi) is 6.90. The Hall–Kier alpha value is -0.510. The molecular formula is C16H26O2S. The van der Waals surface area contributed by atoms with Crippen molar-refractivity contribution >= 4 is 11.8 Å². The van der Waals surface area contributed by atoms with E-state index in [0.29, 0.717) is 0 Å². The van der Waals surface area contributed by atoms with Crippen LogP contribution in [-0.4, -0.2) is 28.2 Å². The summed E-state index contributed by atoms with van der Waals surface area (Å²) in [4.78, 5) is 0. The second kappa shape index (κ2) is 7.93. The second-order valence-corrected chi connectivity index (χ2v) is 6.94. The lowest BCUT2D eigenvalue weighted by Gasteiger charge is -2.34. The van der Waals surface area contributed by atoms with Crippen LogP contribution in [0.1, 0.15) is 39.2 Å². The molecule has 0 aliphatic carbocycles. The van der Waals surface area contributed by atoms with Gasteiger partial charge < -0.3 is 10.2 Å². The van der Waals surface area contributed by atoms with Gasteiger partial charge in [-0.15, -0.1) is 0 Å². The molecule has 1 aromatic carbocycles. The predicted octanol–water partition coefficient (Wildman–Crippen LogP) is 3.47. The summed E-state index contributed by atoms with van der Waals surface area (Å²) in [5, 5.41) is 20.0. The average molecular weight is 282 g/mol. The van der Waals surface area contributed by atoms with Crippen LogP contribution < -0.4 is 0 Å². The largest absolute Gasteiger partial charge is 0.396 e. The van der Waals surface area contributed by atoms with Gasteiger partial charge in [-0.2, -0.15) is 11.8 Å². The number of hydrogen-bond donors (Lipinski definition) is 2. The van der Waals surface area contributed by atoms with Crippen LogP contribution in [0.5, 0.6) is 0 Å². The first-order valence-corrected chi connectivity index (χ1v) is 8.00. The standard InChI is InChI=1S/C16H26O2S/c1-4-8-14(15(18)16(2,3)12-17)19-11-13-9-6-5-7-10-13/h5-7,9-10,14-15,17-18H,4,8,11-12H2,1-3H3/t14-,15-/m1/s1. The van der Waals surface area contributed by atoms with Gasteiger partial charge in [-0.1, -0.05) is 57.5 Å². The summed E-state index contributed by atoms with van der Waals surface area (Å²) in [6, 6.07) is 10.3. The van der Waals surface area contributed by atoms with Crippen LogP contribution in [0.25, 0.3) is 0 Å². The van der Waals surface area contributed by atoms with E-state index >= 15 is 0 Å². The fourth-order valence-corrected chi connectivity index (χ4v) is 3.54. The van der Waals surface area contributed by atoms with Crippen molar-refractivity contribution in [3.05, 3.63) is 35.9 Å². The van der Waals surface area contributed by atoms with Gasteiger partial charge in [0.25, 0.3) is 0 Å². The molecule has 1 rings (SSSR count). The molecule has 0 spiro atoms. The zero-order valence-corrected chi connectivity index (χ0v) is 13.0. The van der Waals surface area contributed by atoms with Gasteiger partial charge in [-0.05, 0) is 12.0 Å². The maximum Gasteiger partial charge on any atom is 0.0731 e. The lowest BCUT2D eigenvalue weighted by atomic mass is 9.84. The summed E-state index contributed by atoms with van der Waals surface area (Å²) < 4.78 is 0. The molecule has 0 heterocycles. The lowest BCUT2D eigenvalue weighted by molar-refractivity contribution is 0.00563. The van der Waals surface area contributed by atoms with Gasteiger partial charge in [0.1, 0.15) is 0 Å². The smallest absolute Gasteiger partial charge is 0.0731 e. The van der Waals surface area contributed by atoms with Gasteiger partial charge in [0.2, 0.25) is 0 Å². The summed E-state index contributed by atoms with van der Waals surface area (Å²) in [7, 11) is 0. The van der Waals surface area contributed by atoms with Gasteiger partial charge in [0, 0.05) is 16.4 Å². The van der Waals surface area contributed by atoms with E-state index in [9.17, 15) is 10.2 Å². The number of aliphatic hydroxyl groups excluding tert-OH is 2. The zero-order valence-electron chi connectivity index (χ0n) is 12.2. The zero-order chi connectivity index (χ0) is 14.3. The molecule has 0 aromatic heterocycles. The minimum atomic E-state index is -0.480. The molecule has 0 radical (unpaired) electrons. The Bertz CT molecular complexity index is 351. The summed E-state index contributed by atoms with van der Waals surface area (Å²) in [6.07, 6.45) is 1.54. The van der Waals surface area contributed by atoms with E-state index in [1.165, 1.54) is 5.56 Å². The highest BCUT2D eigenvalue weighted by molar-refractivity contribution is 7.99. The quantitative estimate of drug-likeness (QED) is 0.767. The first-order chi connectivity index (χ1) is 9.01. The SMILES string of the molecule is CCC[C@@H](SCc1ccccc1)[C@@H](O)C(C)(C)CO. The Morgan fingerprint density at radius 1 is 1.21 bits per heavy atom. The van der Waals surface area contributed by atoms with Gasteiger partial charge >= 0.3 is 0 Å². The van der Waals surface area contributed by atoms with E-state index in [1.54, 1.807) is 11.8 Å². The molecule has 0 saturated carbocycles. The highest BCUT2D eigenvalue weighted by Crippen LogP contribution is 2.32. The van der Waals surface area contributed by atoms with Crippen molar-refractivity contribution in [2.24, 2.45) is 5.41 Å². The minimum Gasteiger partial charge on any atom is -0.396 e. The number of hydrogen-bond acceptors (Lipinski definition) is 3. The van der Waals surface area contributed by atoms with Gasteiger partial charge in [0.15, 0.2) is 0 Å². The molecule has 2 nitrogen and oxygen atoms in total. The van der Waals surface area contributed by atoms with E-state index < -0.39 is 11.5 Å². The molecule has 0 unspecified atom stereocenters. The molecule has 0 bridgehead atoms. The number of thioether (sulfide) groups is 1. The molecule has 2 atom stereocenters. The first kappa shape index (κ1) is 16.5. The van der Waals surface area contributed by atoms with Crippen LogP contribution in [0.3, 0.4) is 0 Å². The Labute approximate surface area is 121 Å². The Balaban J connectivity index is 2.62. The molecule has 3 heteroatoms. The van der Waals surface area contributed by atoms with Crippen LogP contribution in [0, 0.1) is 5.41 Å². The summed E-state index contributed by atoms with van der Waals surface area (Å²) in [6.45, 7) is 5.99. The fourth-order valence-electron chi connectivity index (χ4n) is 1.99. The van der Waals surface area contributed by atoms with Crippen LogP contribution in [-0.2, 0) is 5.75 Å². The predicted molar refractivity (Wildman–Crippen MR) is 83.3 cm³/mol. The third-order valence-electron chi connectivity index (χ3n) is 3.44. The molecule has 0 aliphatic rings. The van der Waals surface area contributed by atoms with E-state index in [4.69, 9.17) is 0 Å². The molecular weight excluding hydrogens is 256 g/mol. The summed E-state index contributed by atoms with van der Waals surface area (Å²) in [5.74, 6) is 0.907. The van der Waals surface area contributed by atoms with E-state index in [-0.39, 0.29) is 11.9 Å². The van der Waals surface area contributed by atoms with Crippen molar-refractivity contribution in [1.29, 1.82) is 0 Å². The maximum atomic E-state index is 10.5. The highest BCUT2D eigenvalue weighted by atomic mass is 32.2. The molecule has 1 aromatic rings. The van der Waals surface area contributed by atoms with Crippen molar-refractivity contribution in [2.45, 2.75) is 50.7 Å². The van der Waals surface area contributed by atoms with Crippen molar-refractivity contribution in [3.63, 3.8) is 0 Å². The molecule has 0 aliphatic heterocycles. The monoisotopic (exact) mass is 282 g/mol.